The van der Waals surface area contributed by atoms with Gasteiger partial charge in [-0.15, -0.1) is 0 Å². The first-order valence-corrected chi connectivity index (χ1v) is 3.51. The van der Waals surface area contributed by atoms with Crippen LogP contribution >= 0.6 is 11.8 Å². The maximum Gasteiger partial charge on any atom is 0.0274 e. The number of rotatable bonds is 0. The SMILES string of the molecule is CC1(C)SCC1N. The van der Waals surface area contributed by atoms with Gasteiger partial charge in [-0.2, -0.15) is 11.8 Å². The van der Waals surface area contributed by atoms with Crippen molar-refractivity contribution in [2.24, 2.45) is 5.73 Å². The van der Waals surface area contributed by atoms with Crippen LogP contribution in [-0.4, -0.2) is 16.5 Å². The van der Waals surface area contributed by atoms with Crippen LogP contribution in [0.25, 0.3) is 0 Å². The first-order chi connectivity index (χ1) is 3.13. The van der Waals surface area contributed by atoms with E-state index in [4.69, 9.17) is 5.73 Å². The topological polar surface area (TPSA) is 26.0 Å². The van der Waals surface area contributed by atoms with Crippen LogP contribution in [0.1, 0.15) is 13.8 Å². The Morgan fingerprint density at radius 1 is 1.71 bits per heavy atom. The largest absolute Gasteiger partial charge is 0.326 e. The van der Waals surface area contributed by atoms with Gasteiger partial charge in [0.1, 0.15) is 0 Å². The van der Waals surface area contributed by atoms with E-state index in [2.05, 4.69) is 13.8 Å². The van der Waals surface area contributed by atoms with Crippen molar-refractivity contribution in [2.45, 2.75) is 24.6 Å². The first kappa shape index (κ1) is 5.45. The molecule has 1 unspecified atom stereocenters. The molecule has 0 spiro atoms. The maximum atomic E-state index is 5.64. The van der Waals surface area contributed by atoms with Gasteiger partial charge in [-0.05, 0) is 13.8 Å². The highest BCUT2D eigenvalue weighted by atomic mass is 32.2. The highest BCUT2D eigenvalue weighted by Crippen LogP contribution is 2.38. The highest BCUT2D eigenvalue weighted by Gasteiger charge is 2.35. The van der Waals surface area contributed by atoms with Crippen molar-refractivity contribution in [1.29, 1.82) is 0 Å². The van der Waals surface area contributed by atoms with Crippen LogP contribution < -0.4 is 5.73 Å². The molecule has 42 valence electrons. The third-order valence-electron chi connectivity index (χ3n) is 1.53. The van der Waals surface area contributed by atoms with Gasteiger partial charge >= 0.3 is 0 Å². The Balaban J connectivity index is 2.43. The van der Waals surface area contributed by atoms with E-state index < -0.39 is 0 Å². The van der Waals surface area contributed by atoms with Crippen LogP contribution in [0.4, 0.5) is 0 Å². The molecule has 2 N–H and O–H groups in total. The average molecular weight is 117 g/mol. The Labute approximate surface area is 48.7 Å². The predicted octanol–water partition coefficient (Wildman–Crippen LogP) is 0.839. The monoisotopic (exact) mass is 117 g/mol. The molecule has 0 aromatic carbocycles. The Bertz CT molecular complexity index is 80.1. The number of thioether (sulfide) groups is 1. The summed E-state index contributed by atoms with van der Waals surface area (Å²) in [4.78, 5) is 0. The maximum absolute atomic E-state index is 5.64. The summed E-state index contributed by atoms with van der Waals surface area (Å²) in [6.45, 7) is 4.37. The van der Waals surface area contributed by atoms with Crippen molar-refractivity contribution < 1.29 is 0 Å². The van der Waals surface area contributed by atoms with Crippen molar-refractivity contribution in [3.8, 4) is 0 Å². The van der Waals surface area contributed by atoms with Crippen molar-refractivity contribution in [1.82, 2.24) is 0 Å². The first-order valence-electron chi connectivity index (χ1n) is 2.52. The van der Waals surface area contributed by atoms with Crippen LogP contribution in [0.5, 0.6) is 0 Å². The van der Waals surface area contributed by atoms with Gasteiger partial charge in [0.05, 0.1) is 0 Å². The summed E-state index contributed by atoms with van der Waals surface area (Å²) >= 11 is 1.95. The molecule has 0 aromatic rings. The van der Waals surface area contributed by atoms with Gasteiger partial charge in [-0.3, -0.25) is 0 Å². The molecule has 0 radical (unpaired) electrons. The van der Waals surface area contributed by atoms with Crippen molar-refractivity contribution >= 4 is 11.8 Å². The van der Waals surface area contributed by atoms with Crippen LogP contribution in [0.15, 0.2) is 0 Å². The normalized spacial score (nSPS) is 37.3. The van der Waals surface area contributed by atoms with Gasteiger partial charge in [0.2, 0.25) is 0 Å². The zero-order chi connectivity index (χ0) is 5.49. The minimum Gasteiger partial charge on any atom is -0.326 e. The number of hydrogen-bond donors (Lipinski definition) is 1. The van der Waals surface area contributed by atoms with Crippen molar-refractivity contribution in [3.63, 3.8) is 0 Å². The van der Waals surface area contributed by atoms with Crippen LogP contribution in [-0.2, 0) is 0 Å². The Hall–Kier alpha value is 0.310. The molecule has 1 aliphatic heterocycles. The van der Waals surface area contributed by atoms with Crippen molar-refractivity contribution in [2.75, 3.05) is 5.75 Å². The minimum atomic E-state index is 0.375. The molecular formula is C5H11NS. The minimum absolute atomic E-state index is 0.375. The van der Waals surface area contributed by atoms with Crippen LogP contribution in [0.2, 0.25) is 0 Å². The summed E-state index contributed by atoms with van der Waals surface area (Å²) < 4.78 is 0.375. The molecule has 1 atom stereocenters. The van der Waals surface area contributed by atoms with Gasteiger partial charge in [0, 0.05) is 16.5 Å². The molecule has 1 aliphatic rings. The molecule has 2 heteroatoms. The average Bonchev–Trinajstić information content (AvgIpc) is 1.63. The molecule has 1 nitrogen and oxygen atoms in total. The van der Waals surface area contributed by atoms with Gasteiger partial charge in [-0.25, -0.2) is 0 Å². The Kier molecular flexibility index (Phi) is 1.08. The fourth-order valence-electron chi connectivity index (χ4n) is 0.513. The molecule has 0 aliphatic carbocycles. The van der Waals surface area contributed by atoms with E-state index >= 15 is 0 Å². The fourth-order valence-corrected chi connectivity index (χ4v) is 1.54. The second kappa shape index (κ2) is 1.39. The molecule has 0 aromatic heterocycles. The molecule has 0 amide bonds. The summed E-state index contributed by atoms with van der Waals surface area (Å²) in [6.07, 6.45) is 0. The lowest BCUT2D eigenvalue weighted by atomic mass is 10.1. The zero-order valence-corrected chi connectivity index (χ0v) is 5.59. The lowest BCUT2D eigenvalue weighted by Crippen LogP contribution is -2.51. The van der Waals surface area contributed by atoms with Gasteiger partial charge in [-0.1, -0.05) is 0 Å². The van der Waals surface area contributed by atoms with E-state index in [1.54, 1.807) is 0 Å². The molecule has 1 fully saturated rings. The second-order valence-corrected chi connectivity index (χ2v) is 4.20. The van der Waals surface area contributed by atoms with E-state index in [-0.39, 0.29) is 0 Å². The molecule has 1 saturated heterocycles. The standard InChI is InChI=1S/C5H11NS/c1-5(2)4(6)3-7-5/h4H,3,6H2,1-2H3. The summed E-state index contributed by atoms with van der Waals surface area (Å²) in [5, 5.41) is 0. The molecule has 1 heterocycles. The smallest absolute Gasteiger partial charge is 0.0274 e. The highest BCUT2D eigenvalue weighted by molar-refractivity contribution is 8.02. The lowest BCUT2D eigenvalue weighted by Gasteiger charge is -2.40. The molecule has 7 heavy (non-hydrogen) atoms. The molecular weight excluding hydrogens is 106 g/mol. The fraction of sp³-hybridized carbons (Fsp3) is 1.00. The quantitative estimate of drug-likeness (QED) is 0.509. The number of nitrogens with two attached hydrogens (primary N) is 1. The van der Waals surface area contributed by atoms with Crippen molar-refractivity contribution in [3.05, 3.63) is 0 Å². The predicted molar refractivity (Wildman–Crippen MR) is 34.5 cm³/mol. The lowest BCUT2D eigenvalue weighted by molar-refractivity contribution is 0.544. The molecule has 1 rings (SSSR count). The Morgan fingerprint density at radius 3 is 2.14 bits per heavy atom. The van der Waals surface area contributed by atoms with E-state index in [1.807, 2.05) is 11.8 Å². The van der Waals surface area contributed by atoms with E-state index in [9.17, 15) is 0 Å². The number of hydrogen-bond acceptors (Lipinski definition) is 2. The summed E-state index contributed by atoms with van der Waals surface area (Å²) in [7, 11) is 0. The van der Waals surface area contributed by atoms with Gasteiger partial charge < -0.3 is 5.73 Å². The summed E-state index contributed by atoms with van der Waals surface area (Å²) in [6, 6.07) is 0.442. The van der Waals surface area contributed by atoms with E-state index in [1.165, 1.54) is 0 Å². The van der Waals surface area contributed by atoms with Crippen LogP contribution in [0.3, 0.4) is 0 Å². The summed E-state index contributed by atoms with van der Waals surface area (Å²) in [5.41, 5.74) is 5.64. The zero-order valence-electron chi connectivity index (χ0n) is 4.77. The van der Waals surface area contributed by atoms with Crippen LogP contribution in [0, 0.1) is 0 Å². The molecule has 0 saturated carbocycles. The van der Waals surface area contributed by atoms with E-state index in [0.717, 1.165) is 5.75 Å². The third-order valence-corrected chi connectivity index (χ3v) is 3.10. The third kappa shape index (κ3) is 0.774. The van der Waals surface area contributed by atoms with E-state index in [0.29, 0.717) is 10.8 Å². The second-order valence-electron chi connectivity index (χ2n) is 2.52. The van der Waals surface area contributed by atoms with Gasteiger partial charge in [0.15, 0.2) is 0 Å². The van der Waals surface area contributed by atoms with Gasteiger partial charge in [0.25, 0.3) is 0 Å². The molecule has 0 bridgehead atoms. The summed E-state index contributed by atoms with van der Waals surface area (Å²) in [5.74, 6) is 1.15. The Morgan fingerprint density at radius 2 is 2.14 bits per heavy atom.